The van der Waals surface area contributed by atoms with Gasteiger partial charge in [0, 0.05) is 63.5 Å². The monoisotopic (exact) mass is 399 g/mol. The number of amides is 1. The lowest BCUT2D eigenvalue weighted by Gasteiger charge is -2.32. The zero-order valence-electron chi connectivity index (χ0n) is 17.3. The molecule has 0 bridgehead atoms. The largest absolute Gasteiger partial charge is 0.474 e. The van der Waals surface area contributed by atoms with E-state index in [1.165, 1.54) is 0 Å². The molecule has 0 saturated carbocycles. The molecule has 4 rings (SSSR count). The van der Waals surface area contributed by atoms with Gasteiger partial charge in [0.25, 0.3) is 5.91 Å². The highest BCUT2D eigenvalue weighted by molar-refractivity contribution is 5.92. The molecule has 4 heterocycles. The van der Waals surface area contributed by atoms with E-state index in [1.54, 1.807) is 10.7 Å². The van der Waals surface area contributed by atoms with Crippen molar-refractivity contribution in [1.29, 1.82) is 0 Å². The molecule has 2 aliphatic heterocycles. The van der Waals surface area contributed by atoms with E-state index >= 15 is 0 Å². The third-order valence-corrected chi connectivity index (χ3v) is 5.59. The molecule has 1 fully saturated rings. The van der Waals surface area contributed by atoms with Gasteiger partial charge < -0.3 is 14.4 Å². The molecular formula is C21H29N5O3. The molecule has 0 spiro atoms. The summed E-state index contributed by atoms with van der Waals surface area (Å²) in [7, 11) is 0. The van der Waals surface area contributed by atoms with Crippen LogP contribution < -0.4 is 4.74 Å². The maximum atomic E-state index is 12.7. The highest BCUT2D eigenvalue weighted by Gasteiger charge is 2.27. The number of hydrogen-bond donors (Lipinski definition) is 0. The molecule has 0 N–H and O–H groups in total. The molecule has 29 heavy (non-hydrogen) atoms. The lowest BCUT2D eigenvalue weighted by molar-refractivity contribution is 0.0578. The smallest absolute Gasteiger partial charge is 0.274 e. The van der Waals surface area contributed by atoms with E-state index in [9.17, 15) is 4.79 Å². The number of aryl methyl sites for hydroxylation is 2. The second-order valence-corrected chi connectivity index (χ2v) is 7.50. The minimum Gasteiger partial charge on any atom is -0.474 e. The molecule has 0 aromatic carbocycles. The van der Waals surface area contributed by atoms with Crippen LogP contribution in [0.1, 0.15) is 54.3 Å². The molecule has 1 saturated heterocycles. The summed E-state index contributed by atoms with van der Waals surface area (Å²) < 4.78 is 13.7. The van der Waals surface area contributed by atoms with Crippen molar-refractivity contribution in [2.24, 2.45) is 0 Å². The Morgan fingerprint density at radius 2 is 2.00 bits per heavy atom. The van der Waals surface area contributed by atoms with Crippen molar-refractivity contribution in [3.63, 3.8) is 0 Å². The molecule has 0 unspecified atom stereocenters. The van der Waals surface area contributed by atoms with Crippen LogP contribution in [0.25, 0.3) is 0 Å². The molecule has 0 aliphatic carbocycles. The first-order valence-electron chi connectivity index (χ1n) is 10.6. The Bertz CT molecular complexity index is 858. The number of carbonyl (C=O) groups is 1. The van der Waals surface area contributed by atoms with Crippen LogP contribution in [0.3, 0.4) is 0 Å². The molecule has 156 valence electrons. The van der Waals surface area contributed by atoms with Crippen molar-refractivity contribution >= 4 is 5.91 Å². The van der Waals surface area contributed by atoms with E-state index in [4.69, 9.17) is 14.5 Å². The van der Waals surface area contributed by atoms with Crippen LogP contribution in [-0.2, 0) is 30.5 Å². The fraction of sp³-hybridized carbons (Fsp3) is 0.619. The average molecular weight is 399 g/mol. The number of rotatable bonds is 5. The minimum atomic E-state index is -0.00280. The van der Waals surface area contributed by atoms with Crippen molar-refractivity contribution in [3.8, 4) is 5.88 Å². The van der Waals surface area contributed by atoms with Gasteiger partial charge in [-0.05, 0) is 13.0 Å². The van der Waals surface area contributed by atoms with Gasteiger partial charge in [-0.2, -0.15) is 10.1 Å². The summed E-state index contributed by atoms with van der Waals surface area (Å²) in [5.41, 5.74) is 2.66. The topological polar surface area (TPSA) is 82.4 Å². The number of piperidine rings is 1. The predicted molar refractivity (Wildman–Crippen MR) is 107 cm³/mol. The number of carbonyl (C=O) groups excluding carboxylic acids is 1. The van der Waals surface area contributed by atoms with Crippen molar-refractivity contribution in [2.45, 2.75) is 58.6 Å². The highest BCUT2D eigenvalue weighted by atomic mass is 16.5. The van der Waals surface area contributed by atoms with E-state index in [0.717, 1.165) is 55.7 Å². The van der Waals surface area contributed by atoms with Crippen molar-refractivity contribution in [3.05, 3.63) is 35.0 Å². The van der Waals surface area contributed by atoms with E-state index in [1.807, 2.05) is 18.0 Å². The number of likely N-dealkylation sites (tertiary alicyclic amines) is 1. The summed E-state index contributed by atoms with van der Waals surface area (Å²) in [6, 6.07) is 1.79. The summed E-state index contributed by atoms with van der Waals surface area (Å²) in [4.78, 5) is 23.9. The first kappa shape index (κ1) is 19.8. The Labute approximate surface area is 171 Å². The fourth-order valence-corrected chi connectivity index (χ4v) is 3.86. The Balaban J connectivity index is 1.41. The van der Waals surface area contributed by atoms with Crippen molar-refractivity contribution in [1.82, 2.24) is 24.6 Å². The number of hydrogen-bond acceptors (Lipinski definition) is 6. The lowest BCUT2D eigenvalue weighted by Crippen LogP contribution is -2.42. The summed E-state index contributed by atoms with van der Waals surface area (Å²) in [5, 5.41) is 4.33. The number of aromatic nitrogens is 4. The predicted octanol–water partition coefficient (Wildman–Crippen LogP) is 2.05. The van der Waals surface area contributed by atoms with Gasteiger partial charge in [-0.1, -0.05) is 6.92 Å². The van der Waals surface area contributed by atoms with Gasteiger partial charge in [-0.15, -0.1) is 0 Å². The maximum Gasteiger partial charge on any atom is 0.274 e. The van der Waals surface area contributed by atoms with Crippen LogP contribution in [0.2, 0.25) is 0 Å². The zero-order valence-corrected chi connectivity index (χ0v) is 17.3. The molecule has 2 aromatic heterocycles. The van der Waals surface area contributed by atoms with E-state index in [0.29, 0.717) is 37.9 Å². The van der Waals surface area contributed by atoms with Gasteiger partial charge in [0.05, 0.1) is 18.9 Å². The van der Waals surface area contributed by atoms with Gasteiger partial charge in [0.2, 0.25) is 5.88 Å². The number of nitrogens with zero attached hydrogens (tertiary/aromatic N) is 5. The Morgan fingerprint density at radius 1 is 1.21 bits per heavy atom. The summed E-state index contributed by atoms with van der Waals surface area (Å²) >= 11 is 0. The summed E-state index contributed by atoms with van der Waals surface area (Å²) in [5.74, 6) is 1.53. The van der Waals surface area contributed by atoms with Crippen LogP contribution in [-0.4, -0.2) is 63.0 Å². The number of ether oxygens (including phenoxy) is 2. The third kappa shape index (κ3) is 4.42. The Morgan fingerprint density at radius 3 is 2.72 bits per heavy atom. The van der Waals surface area contributed by atoms with Gasteiger partial charge in [0.15, 0.2) is 0 Å². The first-order chi connectivity index (χ1) is 14.2. The molecule has 1 amide bonds. The van der Waals surface area contributed by atoms with Gasteiger partial charge in [-0.25, -0.2) is 4.98 Å². The van der Waals surface area contributed by atoms with Crippen LogP contribution in [0.4, 0.5) is 0 Å². The highest BCUT2D eigenvalue weighted by Crippen LogP contribution is 2.26. The molecule has 8 heteroatoms. The Kier molecular flexibility index (Phi) is 6.08. The van der Waals surface area contributed by atoms with Crippen LogP contribution >= 0.6 is 0 Å². The standard InChI is InChI=1S/C21H29N5O3/c1-3-19-22-17-9-14-28-13-8-16(17)20(23-19)29-15-5-10-25(11-6-15)21(27)18-7-12-26(4-2)24-18/h7,12,15H,3-6,8-11,13-14H2,1-2H3. The zero-order chi connectivity index (χ0) is 20.2. The number of fused-ring (bicyclic) bond motifs is 1. The van der Waals surface area contributed by atoms with Crippen LogP contribution in [0.5, 0.6) is 5.88 Å². The fourth-order valence-electron chi connectivity index (χ4n) is 3.86. The van der Waals surface area contributed by atoms with E-state index in [2.05, 4.69) is 17.0 Å². The normalized spacial score (nSPS) is 17.7. The second kappa shape index (κ2) is 8.90. The molecule has 2 aromatic rings. The molecule has 0 radical (unpaired) electrons. The molecule has 0 atom stereocenters. The van der Waals surface area contributed by atoms with Crippen LogP contribution in [0.15, 0.2) is 12.3 Å². The molecule has 8 nitrogen and oxygen atoms in total. The van der Waals surface area contributed by atoms with E-state index < -0.39 is 0 Å². The van der Waals surface area contributed by atoms with E-state index in [-0.39, 0.29) is 12.0 Å². The Hall–Kier alpha value is -2.48. The average Bonchev–Trinajstić information content (AvgIpc) is 3.11. The first-order valence-corrected chi connectivity index (χ1v) is 10.6. The third-order valence-electron chi connectivity index (χ3n) is 5.59. The van der Waals surface area contributed by atoms with Gasteiger partial charge >= 0.3 is 0 Å². The summed E-state index contributed by atoms with van der Waals surface area (Å²) in [6.45, 7) is 7.53. The van der Waals surface area contributed by atoms with Crippen molar-refractivity contribution in [2.75, 3.05) is 26.3 Å². The second-order valence-electron chi connectivity index (χ2n) is 7.50. The lowest BCUT2D eigenvalue weighted by atomic mass is 10.1. The van der Waals surface area contributed by atoms with Gasteiger partial charge in [0.1, 0.15) is 17.6 Å². The minimum absolute atomic E-state index is 0.00280. The van der Waals surface area contributed by atoms with Crippen molar-refractivity contribution < 1.29 is 14.3 Å². The SMILES string of the molecule is CCc1nc2c(c(OC3CCN(C(=O)c4ccn(CC)n4)CC3)n1)CCOCC2. The van der Waals surface area contributed by atoms with Crippen LogP contribution in [0, 0.1) is 0 Å². The quantitative estimate of drug-likeness (QED) is 0.765. The maximum absolute atomic E-state index is 12.7. The molecular weight excluding hydrogens is 370 g/mol. The van der Waals surface area contributed by atoms with Gasteiger partial charge in [-0.3, -0.25) is 9.48 Å². The molecule has 2 aliphatic rings. The summed E-state index contributed by atoms with van der Waals surface area (Å²) in [6.07, 6.45) is 5.85.